The Morgan fingerprint density at radius 3 is 3.00 bits per heavy atom. The first-order valence-corrected chi connectivity index (χ1v) is 7.90. The lowest BCUT2D eigenvalue weighted by molar-refractivity contribution is 0.102. The number of H-pyrrole nitrogens is 1. The van der Waals surface area contributed by atoms with Crippen molar-refractivity contribution in [2.75, 3.05) is 12.1 Å². The Hall–Kier alpha value is -2.80. The smallest absolute Gasteiger partial charge is 0.255 e. The lowest BCUT2D eigenvalue weighted by Crippen LogP contribution is -2.12. The number of thiophene rings is 1. The Bertz CT molecular complexity index is 871. The highest BCUT2D eigenvalue weighted by Gasteiger charge is 2.19. The van der Waals surface area contributed by atoms with Gasteiger partial charge in [-0.2, -0.15) is 5.10 Å². The summed E-state index contributed by atoms with van der Waals surface area (Å²) in [5.41, 5.74) is 2.75. The van der Waals surface area contributed by atoms with E-state index in [4.69, 9.17) is 9.47 Å². The molecule has 0 aliphatic carbocycles. The van der Waals surface area contributed by atoms with Crippen LogP contribution >= 0.6 is 11.3 Å². The first-order chi connectivity index (χ1) is 11.2. The fourth-order valence-electron chi connectivity index (χ4n) is 2.40. The summed E-state index contributed by atoms with van der Waals surface area (Å²) >= 11 is 1.57. The van der Waals surface area contributed by atoms with Gasteiger partial charge >= 0.3 is 0 Å². The maximum atomic E-state index is 12.5. The van der Waals surface area contributed by atoms with Gasteiger partial charge < -0.3 is 14.8 Å². The van der Waals surface area contributed by atoms with E-state index in [1.165, 1.54) is 0 Å². The van der Waals surface area contributed by atoms with Crippen molar-refractivity contribution in [1.29, 1.82) is 0 Å². The Morgan fingerprint density at radius 1 is 1.30 bits per heavy atom. The van der Waals surface area contributed by atoms with Crippen molar-refractivity contribution >= 4 is 22.9 Å². The van der Waals surface area contributed by atoms with Gasteiger partial charge in [-0.3, -0.25) is 9.89 Å². The second-order valence-electron chi connectivity index (χ2n) is 5.07. The molecule has 1 aliphatic rings. The maximum absolute atomic E-state index is 12.5. The molecule has 0 spiro atoms. The van der Waals surface area contributed by atoms with Crippen LogP contribution in [0.3, 0.4) is 0 Å². The van der Waals surface area contributed by atoms with Gasteiger partial charge in [-0.1, -0.05) is 6.07 Å². The highest BCUT2D eigenvalue weighted by Crippen LogP contribution is 2.34. The predicted octanol–water partition coefficient (Wildman–Crippen LogP) is 3.43. The Morgan fingerprint density at radius 2 is 2.17 bits per heavy atom. The fourth-order valence-corrected chi connectivity index (χ4v) is 3.12. The standard InChI is InChI=1S/C16H13N3O3S/c1-9-14(15(19-18-9)13-3-2-6-23-13)17-16(20)10-4-5-11-12(7-10)22-8-21-11/h2-7H,8H2,1H3,(H,17,20)(H,18,19). The molecule has 4 rings (SSSR count). The first-order valence-electron chi connectivity index (χ1n) is 7.02. The number of nitrogens with one attached hydrogen (secondary N) is 2. The van der Waals surface area contributed by atoms with E-state index in [0.717, 1.165) is 16.3 Å². The van der Waals surface area contributed by atoms with E-state index in [2.05, 4.69) is 15.5 Å². The average Bonchev–Trinajstić information content (AvgIpc) is 3.28. The number of ether oxygens (including phenoxy) is 2. The normalized spacial score (nSPS) is 12.4. The van der Waals surface area contributed by atoms with Crippen LogP contribution in [0.2, 0.25) is 0 Å². The number of carbonyl (C=O) groups is 1. The number of anilines is 1. The third-order valence-electron chi connectivity index (χ3n) is 3.58. The van der Waals surface area contributed by atoms with Crippen molar-refractivity contribution in [1.82, 2.24) is 10.2 Å². The van der Waals surface area contributed by atoms with Crippen molar-refractivity contribution in [3.8, 4) is 22.1 Å². The second-order valence-corrected chi connectivity index (χ2v) is 6.02. The van der Waals surface area contributed by atoms with Crippen LogP contribution in [0, 0.1) is 6.92 Å². The number of fused-ring (bicyclic) bond motifs is 1. The van der Waals surface area contributed by atoms with Crippen molar-refractivity contribution in [2.45, 2.75) is 6.92 Å². The molecular formula is C16H13N3O3S. The number of carbonyl (C=O) groups excluding carboxylic acids is 1. The molecule has 3 heterocycles. The van der Waals surface area contributed by atoms with Crippen LogP contribution in [0.1, 0.15) is 16.1 Å². The summed E-state index contributed by atoms with van der Waals surface area (Å²) < 4.78 is 10.6. The molecule has 1 amide bonds. The minimum atomic E-state index is -0.217. The molecule has 1 aliphatic heterocycles. The molecule has 0 atom stereocenters. The maximum Gasteiger partial charge on any atom is 0.255 e. The topological polar surface area (TPSA) is 76.2 Å². The summed E-state index contributed by atoms with van der Waals surface area (Å²) in [5, 5.41) is 12.1. The van der Waals surface area contributed by atoms with E-state index in [9.17, 15) is 4.79 Å². The molecule has 2 N–H and O–H groups in total. The molecule has 3 aromatic rings. The van der Waals surface area contributed by atoms with Crippen LogP contribution in [0.4, 0.5) is 5.69 Å². The van der Waals surface area contributed by atoms with Gasteiger partial charge in [0.25, 0.3) is 5.91 Å². The van der Waals surface area contributed by atoms with Crippen LogP contribution in [-0.4, -0.2) is 22.9 Å². The lowest BCUT2D eigenvalue weighted by atomic mass is 10.1. The number of hydrogen-bond donors (Lipinski definition) is 2. The Labute approximate surface area is 136 Å². The van der Waals surface area contributed by atoms with Crippen molar-refractivity contribution in [3.63, 3.8) is 0 Å². The minimum Gasteiger partial charge on any atom is -0.454 e. The summed E-state index contributed by atoms with van der Waals surface area (Å²) in [6.45, 7) is 2.06. The highest BCUT2D eigenvalue weighted by molar-refractivity contribution is 7.13. The van der Waals surface area contributed by atoms with Gasteiger partial charge in [0.05, 0.1) is 16.3 Å². The number of aromatic nitrogens is 2. The largest absolute Gasteiger partial charge is 0.454 e. The number of benzene rings is 1. The zero-order chi connectivity index (χ0) is 15.8. The molecule has 0 fully saturated rings. The van der Waals surface area contributed by atoms with Gasteiger partial charge in [-0.15, -0.1) is 11.3 Å². The second kappa shape index (κ2) is 5.44. The number of rotatable bonds is 3. The van der Waals surface area contributed by atoms with Gasteiger partial charge in [-0.05, 0) is 36.6 Å². The highest BCUT2D eigenvalue weighted by atomic mass is 32.1. The molecule has 1 aromatic carbocycles. The molecule has 2 aromatic heterocycles. The van der Waals surface area contributed by atoms with Gasteiger partial charge in [-0.25, -0.2) is 0 Å². The molecule has 6 nitrogen and oxygen atoms in total. The predicted molar refractivity (Wildman–Crippen MR) is 87.2 cm³/mol. The number of aryl methyl sites for hydroxylation is 1. The van der Waals surface area contributed by atoms with Gasteiger partial charge in [0.15, 0.2) is 11.5 Å². The van der Waals surface area contributed by atoms with Gasteiger partial charge in [0.1, 0.15) is 5.69 Å². The summed E-state index contributed by atoms with van der Waals surface area (Å²) in [4.78, 5) is 13.5. The number of amides is 1. The van der Waals surface area contributed by atoms with Crippen molar-refractivity contribution < 1.29 is 14.3 Å². The van der Waals surface area contributed by atoms with E-state index < -0.39 is 0 Å². The zero-order valence-electron chi connectivity index (χ0n) is 12.3. The first kappa shape index (κ1) is 13.8. The quantitative estimate of drug-likeness (QED) is 0.773. The average molecular weight is 327 g/mol. The van der Waals surface area contributed by atoms with E-state index >= 15 is 0 Å². The molecule has 0 radical (unpaired) electrons. The van der Waals surface area contributed by atoms with E-state index in [0.29, 0.717) is 22.7 Å². The van der Waals surface area contributed by atoms with Crippen LogP contribution < -0.4 is 14.8 Å². The molecule has 7 heteroatoms. The third-order valence-corrected chi connectivity index (χ3v) is 4.45. The Kier molecular flexibility index (Phi) is 3.27. The van der Waals surface area contributed by atoms with Crippen LogP contribution in [0.15, 0.2) is 35.7 Å². The number of aromatic amines is 1. The molecule has 116 valence electrons. The zero-order valence-corrected chi connectivity index (χ0v) is 13.1. The van der Waals surface area contributed by atoms with Crippen molar-refractivity contribution in [2.24, 2.45) is 0 Å². The van der Waals surface area contributed by atoms with E-state index in [1.807, 2.05) is 24.4 Å². The number of nitrogens with zero attached hydrogens (tertiary/aromatic N) is 1. The summed E-state index contributed by atoms with van der Waals surface area (Å²) in [6.07, 6.45) is 0. The molecule has 0 bridgehead atoms. The van der Waals surface area contributed by atoms with Crippen LogP contribution in [-0.2, 0) is 0 Å². The summed E-state index contributed by atoms with van der Waals surface area (Å²) in [7, 11) is 0. The van der Waals surface area contributed by atoms with Gasteiger partial charge in [0.2, 0.25) is 6.79 Å². The summed E-state index contributed by atoms with van der Waals surface area (Å²) in [5.74, 6) is 1.02. The third kappa shape index (κ3) is 2.44. The SMILES string of the molecule is Cc1[nH]nc(-c2cccs2)c1NC(=O)c1ccc2c(c1)OCO2. The molecule has 23 heavy (non-hydrogen) atoms. The molecule has 0 unspecified atom stereocenters. The molecular weight excluding hydrogens is 314 g/mol. The number of hydrogen-bond acceptors (Lipinski definition) is 5. The van der Waals surface area contributed by atoms with Crippen LogP contribution in [0.25, 0.3) is 10.6 Å². The molecule has 0 saturated heterocycles. The monoisotopic (exact) mass is 327 g/mol. The van der Waals surface area contributed by atoms with E-state index in [-0.39, 0.29) is 12.7 Å². The Balaban J connectivity index is 1.63. The van der Waals surface area contributed by atoms with E-state index in [1.54, 1.807) is 29.5 Å². The minimum absolute atomic E-state index is 0.184. The molecule has 0 saturated carbocycles. The fraction of sp³-hybridized carbons (Fsp3) is 0.125. The summed E-state index contributed by atoms with van der Waals surface area (Å²) in [6, 6.07) is 9.05. The lowest BCUT2D eigenvalue weighted by Gasteiger charge is -2.07. The van der Waals surface area contributed by atoms with Crippen molar-refractivity contribution in [3.05, 3.63) is 47.0 Å². The van der Waals surface area contributed by atoms with Crippen LogP contribution in [0.5, 0.6) is 11.5 Å². The van der Waals surface area contributed by atoms with Gasteiger partial charge in [0, 0.05) is 5.56 Å².